The third-order valence-electron chi connectivity index (χ3n) is 3.34. The molecule has 2 rings (SSSR count). The first-order valence-corrected chi connectivity index (χ1v) is 7.67. The minimum atomic E-state index is -0.966. The highest BCUT2D eigenvalue weighted by Gasteiger charge is 2.29. The summed E-state index contributed by atoms with van der Waals surface area (Å²) in [5.41, 5.74) is 0.556. The van der Waals surface area contributed by atoms with Crippen molar-refractivity contribution in [2.24, 2.45) is 5.92 Å². The van der Waals surface area contributed by atoms with Gasteiger partial charge in [0.1, 0.15) is 12.2 Å². The van der Waals surface area contributed by atoms with Gasteiger partial charge < -0.3 is 14.6 Å². The maximum absolute atomic E-state index is 12.6. The largest absolute Gasteiger partial charge is 0.480 e. The molecular formula is C14H19BrN2O3. The van der Waals surface area contributed by atoms with Crippen molar-refractivity contribution in [3.05, 3.63) is 22.4 Å². The number of aliphatic carboxylic acids is 1. The number of carbonyl (C=O) groups is 2. The Morgan fingerprint density at radius 2 is 2.20 bits per heavy atom. The lowest BCUT2D eigenvalue weighted by Gasteiger charge is -2.21. The van der Waals surface area contributed by atoms with Gasteiger partial charge in [0, 0.05) is 23.8 Å². The number of hydrogen-bond acceptors (Lipinski definition) is 2. The van der Waals surface area contributed by atoms with Crippen LogP contribution in [0.4, 0.5) is 0 Å². The maximum atomic E-state index is 12.6. The van der Waals surface area contributed by atoms with Crippen molar-refractivity contribution >= 4 is 27.8 Å². The van der Waals surface area contributed by atoms with Gasteiger partial charge in [0.15, 0.2) is 0 Å². The summed E-state index contributed by atoms with van der Waals surface area (Å²) >= 11 is 3.38. The van der Waals surface area contributed by atoms with E-state index in [9.17, 15) is 9.59 Å². The van der Waals surface area contributed by atoms with Gasteiger partial charge in [-0.15, -0.1) is 0 Å². The number of hydrogen-bond donors (Lipinski definition) is 1. The lowest BCUT2D eigenvalue weighted by atomic mass is 10.3. The molecule has 6 heteroatoms. The molecule has 110 valence electrons. The van der Waals surface area contributed by atoms with E-state index in [1.54, 1.807) is 6.07 Å². The van der Waals surface area contributed by atoms with Gasteiger partial charge in [0.05, 0.1) is 0 Å². The standard InChI is InChI=1S/C14H19BrN2O3/c1-2-5-16-8-11(15)6-12(16)14(20)17(9-13(18)19)7-10-3-4-10/h6,8,10H,2-5,7,9H2,1H3,(H,18,19). The zero-order valence-corrected chi connectivity index (χ0v) is 13.1. The molecule has 20 heavy (non-hydrogen) atoms. The molecule has 0 atom stereocenters. The van der Waals surface area contributed by atoms with Crippen LogP contribution in [-0.4, -0.2) is 39.5 Å². The minimum Gasteiger partial charge on any atom is -0.480 e. The third kappa shape index (κ3) is 3.85. The van der Waals surface area contributed by atoms with Crippen LogP contribution < -0.4 is 0 Å². The molecule has 1 saturated carbocycles. The Morgan fingerprint density at radius 3 is 2.75 bits per heavy atom. The number of aryl methyl sites for hydroxylation is 1. The predicted molar refractivity (Wildman–Crippen MR) is 78.7 cm³/mol. The maximum Gasteiger partial charge on any atom is 0.323 e. The molecule has 0 bridgehead atoms. The number of rotatable bonds is 7. The van der Waals surface area contributed by atoms with Crippen LogP contribution in [0.2, 0.25) is 0 Å². The molecule has 1 aromatic heterocycles. The van der Waals surface area contributed by atoms with Crippen molar-refractivity contribution in [1.29, 1.82) is 0 Å². The summed E-state index contributed by atoms with van der Waals surface area (Å²) < 4.78 is 2.73. The van der Waals surface area contributed by atoms with Gasteiger partial charge in [0.25, 0.3) is 5.91 Å². The molecule has 0 saturated heterocycles. The number of carboxylic acids is 1. The molecule has 1 amide bonds. The van der Waals surface area contributed by atoms with Gasteiger partial charge in [-0.25, -0.2) is 0 Å². The van der Waals surface area contributed by atoms with E-state index in [-0.39, 0.29) is 12.5 Å². The topological polar surface area (TPSA) is 62.5 Å². The van der Waals surface area contributed by atoms with Crippen LogP contribution in [0.25, 0.3) is 0 Å². The minimum absolute atomic E-state index is 0.196. The van der Waals surface area contributed by atoms with Crippen LogP contribution in [0, 0.1) is 5.92 Å². The summed E-state index contributed by atoms with van der Waals surface area (Å²) in [4.78, 5) is 25.0. The monoisotopic (exact) mass is 342 g/mol. The van der Waals surface area contributed by atoms with Gasteiger partial charge in [0.2, 0.25) is 0 Å². The summed E-state index contributed by atoms with van der Waals surface area (Å²) in [7, 11) is 0. The zero-order chi connectivity index (χ0) is 14.7. The van der Waals surface area contributed by atoms with Crippen molar-refractivity contribution in [3.8, 4) is 0 Å². The molecule has 1 N–H and O–H groups in total. The predicted octanol–water partition coefficient (Wildman–Crippen LogP) is 2.60. The summed E-state index contributed by atoms with van der Waals surface area (Å²) in [5, 5.41) is 8.98. The molecule has 5 nitrogen and oxygen atoms in total. The van der Waals surface area contributed by atoms with Crippen molar-refractivity contribution < 1.29 is 14.7 Å². The Kier molecular flexibility index (Phi) is 4.86. The van der Waals surface area contributed by atoms with Crippen LogP contribution in [0.15, 0.2) is 16.7 Å². The Bertz CT molecular complexity index is 509. The van der Waals surface area contributed by atoms with E-state index in [0.29, 0.717) is 18.2 Å². The molecule has 1 aliphatic carbocycles. The molecule has 1 fully saturated rings. The second-order valence-electron chi connectivity index (χ2n) is 5.26. The summed E-state index contributed by atoms with van der Waals surface area (Å²) in [6.07, 6.45) is 4.96. The molecule has 0 unspecified atom stereocenters. The van der Waals surface area contributed by atoms with Crippen molar-refractivity contribution in [2.75, 3.05) is 13.1 Å². The van der Waals surface area contributed by atoms with E-state index in [2.05, 4.69) is 15.9 Å². The first-order chi connectivity index (χ1) is 9.51. The average Bonchev–Trinajstić information content (AvgIpc) is 3.10. The molecule has 0 spiro atoms. The van der Waals surface area contributed by atoms with E-state index >= 15 is 0 Å². The second kappa shape index (κ2) is 6.43. The molecular weight excluding hydrogens is 324 g/mol. The summed E-state index contributed by atoms with van der Waals surface area (Å²) in [6, 6.07) is 1.76. The lowest BCUT2D eigenvalue weighted by Crippen LogP contribution is -2.38. The highest BCUT2D eigenvalue weighted by atomic mass is 79.9. The van der Waals surface area contributed by atoms with E-state index in [1.807, 2.05) is 17.7 Å². The molecule has 1 aliphatic rings. The quantitative estimate of drug-likeness (QED) is 0.828. The van der Waals surface area contributed by atoms with E-state index in [1.165, 1.54) is 4.90 Å². The smallest absolute Gasteiger partial charge is 0.323 e. The normalized spacial score (nSPS) is 14.3. The fourth-order valence-electron chi connectivity index (χ4n) is 2.24. The molecule has 0 aliphatic heterocycles. The lowest BCUT2D eigenvalue weighted by molar-refractivity contribution is -0.137. The van der Waals surface area contributed by atoms with E-state index in [0.717, 1.165) is 30.3 Å². The first-order valence-electron chi connectivity index (χ1n) is 6.88. The van der Waals surface area contributed by atoms with Crippen molar-refractivity contribution in [2.45, 2.75) is 32.7 Å². The fourth-order valence-corrected chi connectivity index (χ4v) is 2.70. The zero-order valence-electron chi connectivity index (χ0n) is 11.5. The van der Waals surface area contributed by atoms with Crippen LogP contribution in [-0.2, 0) is 11.3 Å². The molecule has 1 heterocycles. The van der Waals surface area contributed by atoms with Crippen molar-refractivity contribution in [1.82, 2.24) is 9.47 Å². The summed E-state index contributed by atoms with van der Waals surface area (Å²) in [6.45, 7) is 3.10. The Hall–Kier alpha value is -1.30. The Morgan fingerprint density at radius 1 is 1.50 bits per heavy atom. The Balaban J connectivity index is 2.18. The number of nitrogens with zero attached hydrogens (tertiary/aromatic N) is 2. The number of carboxylic acid groups (broad SMARTS) is 1. The van der Waals surface area contributed by atoms with Crippen molar-refractivity contribution in [3.63, 3.8) is 0 Å². The number of aromatic nitrogens is 1. The molecule has 0 aromatic carbocycles. The highest BCUT2D eigenvalue weighted by Crippen LogP contribution is 2.30. The van der Waals surface area contributed by atoms with Crippen LogP contribution in [0.3, 0.4) is 0 Å². The van der Waals surface area contributed by atoms with Gasteiger partial charge in [-0.05, 0) is 47.2 Å². The van der Waals surface area contributed by atoms with Crippen LogP contribution >= 0.6 is 15.9 Å². The van der Waals surface area contributed by atoms with Crippen LogP contribution in [0.1, 0.15) is 36.7 Å². The fraction of sp³-hybridized carbons (Fsp3) is 0.571. The second-order valence-corrected chi connectivity index (χ2v) is 6.18. The SMILES string of the molecule is CCCn1cc(Br)cc1C(=O)N(CC(=O)O)CC1CC1. The first kappa shape index (κ1) is 15.1. The third-order valence-corrected chi connectivity index (χ3v) is 3.77. The Labute approximate surface area is 126 Å². The highest BCUT2D eigenvalue weighted by molar-refractivity contribution is 9.10. The van der Waals surface area contributed by atoms with Gasteiger partial charge in [-0.1, -0.05) is 6.92 Å². The van der Waals surface area contributed by atoms with Gasteiger partial charge in [-0.2, -0.15) is 0 Å². The molecule has 1 aromatic rings. The summed E-state index contributed by atoms with van der Waals surface area (Å²) in [5.74, 6) is -0.693. The number of amides is 1. The average molecular weight is 343 g/mol. The number of carbonyl (C=O) groups excluding carboxylic acids is 1. The van der Waals surface area contributed by atoms with Gasteiger partial charge in [-0.3, -0.25) is 9.59 Å². The number of halogens is 1. The molecule has 0 radical (unpaired) electrons. The van der Waals surface area contributed by atoms with Gasteiger partial charge >= 0.3 is 5.97 Å². The van der Waals surface area contributed by atoms with E-state index in [4.69, 9.17) is 5.11 Å². The van der Waals surface area contributed by atoms with E-state index < -0.39 is 5.97 Å². The van der Waals surface area contributed by atoms with Crippen LogP contribution in [0.5, 0.6) is 0 Å².